The average molecular weight is 390 g/mol. The molecular formula is C19H24ClN5O2. The summed E-state index contributed by atoms with van der Waals surface area (Å²) in [5.74, 6) is -0.450. The lowest BCUT2D eigenvalue weighted by Gasteiger charge is -2.17. The normalized spacial score (nSPS) is 12.9. The van der Waals surface area contributed by atoms with Crippen molar-refractivity contribution in [3.8, 4) is 0 Å². The van der Waals surface area contributed by atoms with Crippen molar-refractivity contribution >= 4 is 29.2 Å². The number of benzene rings is 1. The first-order valence-corrected chi connectivity index (χ1v) is 9.02. The van der Waals surface area contributed by atoms with E-state index in [0.717, 1.165) is 5.56 Å². The Morgan fingerprint density at radius 3 is 2.56 bits per heavy atom. The van der Waals surface area contributed by atoms with Gasteiger partial charge < -0.3 is 22.1 Å². The topological polar surface area (TPSA) is 123 Å². The second kappa shape index (κ2) is 9.89. The fraction of sp³-hybridized carbons (Fsp3) is 0.316. The van der Waals surface area contributed by atoms with Gasteiger partial charge in [0, 0.05) is 12.7 Å². The van der Waals surface area contributed by atoms with Crippen LogP contribution in [0.2, 0.25) is 5.02 Å². The van der Waals surface area contributed by atoms with Crippen molar-refractivity contribution in [2.45, 2.75) is 38.4 Å². The number of pyridine rings is 1. The number of hydrogen-bond donors (Lipinski definition) is 4. The number of nitrogen functional groups attached to an aromatic ring is 1. The highest BCUT2D eigenvalue weighted by molar-refractivity contribution is 6.32. The van der Waals surface area contributed by atoms with Gasteiger partial charge in [0.25, 0.3) is 0 Å². The molecule has 0 spiro atoms. The van der Waals surface area contributed by atoms with Gasteiger partial charge in [0.1, 0.15) is 11.9 Å². The highest BCUT2D eigenvalue weighted by Crippen LogP contribution is 2.16. The number of nitrogens with two attached hydrogens (primary N) is 2. The standard InChI is InChI=1S/C19H24ClN5O2/c1-12(18(26)24-11-14-9-15(20)17(22)23-10-14)25-19(27)16(21)8-7-13-5-3-2-4-6-13/h2-6,9-10,12,16H,7-8,11,21H2,1H3,(H2,22,23)(H,24,26)(H,25,27). The van der Waals surface area contributed by atoms with Gasteiger partial charge in [-0.25, -0.2) is 4.98 Å². The molecule has 2 amide bonds. The molecule has 1 heterocycles. The molecule has 6 N–H and O–H groups in total. The molecule has 1 aromatic carbocycles. The highest BCUT2D eigenvalue weighted by atomic mass is 35.5. The summed E-state index contributed by atoms with van der Waals surface area (Å²) in [4.78, 5) is 28.3. The number of carbonyl (C=O) groups is 2. The summed E-state index contributed by atoms with van der Waals surface area (Å²) in [5.41, 5.74) is 13.3. The van der Waals surface area contributed by atoms with Crippen LogP contribution in [-0.2, 0) is 22.6 Å². The van der Waals surface area contributed by atoms with Crippen molar-refractivity contribution in [2.24, 2.45) is 5.73 Å². The lowest BCUT2D eigenvalue weighted by Crippen LogP contribution is -2.50. The summed E-state index contributed by atoms with van der Waals surface area (Å²) in [7, 11) is 0. The van der Waals surface area contributed by atoms with Crippen molar-refractivity contribution in [3.63, 3.8) is 0 Å². The quantitative estimate of drug-likeness (QED) is 0.543. The maximum Gasteiger partial charge on any atom is 0.242 e. The summed E-state index contributed by atoms with van der Waals surface area (Å²) in [6.45, 7) is 1.83. The van der Waals surface area contributed by atoms with E-state index in [1.165, 1.54) is 6.20 Å². The maximum atomic E-state index is 12.2. The minimum absolute atomic E-state index is 0.228. The Bertz CT molecular complexity index is 785. The average Bonchev–Trinajstić information content (AvgIpc) is 2.67. The molecule has 0 radical (unpaired) electrons. The molecule has 0 aliphatic carbocycles. The fourth-order valence-electron chi connectivity index (χ4n) is 2.41. The lowest BCUT2D eigenvalue weighted by atomic mass is 10.1. The van der Waals surface area contributed by atoms with Gasteiger partial charge in [0.2, 0.25) is 11.8 Å². The van der Waals surface area contributed by atoms with E-state index in [1.54, 1.807) is 13.0 Å². The SMILES string of the molecule is CC(NC(=O)C(N)CCc1ccccc1)C(=O)NCc1cnc(N)c(Cl)c1. The molecule has 2 atom stereocenters. The number of rotatable bonds is 8. The smallest absolute Gasteiger partial charge is 0.242 e. The third kappa shape index (κ3) is 6.54. The van der Waals surface area contributed by atoms with Crippen LogP contribution in [0.3, 0.4) is 0 Å². The summed E-state index contributed by atoms with van der Waals surface area (Å²) >= 11 is 5.90. The molecule has 8 heteroatoms. The van der Waals surface area contributed by atoms with Crippen molar-refractivity contribution in [1.29, 1.82) is 0 Å². The van der Waals surface area contributed by atoms with Crippen LogP contribution in [0.1, 0.15) is 24.5 Å². The summed E-state index contributed by atoms with van der Waals surface area (Å²) < 4.78 is 0. The Hall–Kier alpha value is -2.64. The number of halogens is 1. The molecule has 0 bridgehead atoms. The Morgan fingerprint density at radius 1 is 1.19 bits per heavy atom. The van der Waals surface area contributed by atoms with Crippen LogP contribution in [0, 0.1) is 0 Å². The van der Waals surface area contributed by atoms with Crippen LogP contribution in [-0.4, -0.2) is 28.9 Å². The number of anilines is 1. The maximum absolute atomic E-state index is 12.2. The molecule has 0 aliphatic rings. The lowest BCUT2D eigenvalue weighted by molar-refractivity contribution is -0.129. The predicted octanol–water partition coefficient (Wildman–Crippen LogP) is 1.40. The van der Waals surface area contributed by atoms with Crippen molar-refractivity contribution in [2.75, 3.05) is 5.73 Å². The highest BCUT2D eigenvalue weighted by Gasteiger charge is 2.20. The number of nitrogens with zero attached hydrogens (tertiary/aromatic N) is 1. The van der Waals surface area contributed by atoms with Crippen molar-refractivity contribution in [1.82, 2.24) is 15.6 Å². The molecule has 0 aliphatic heterocycles. The molecule has 7 nitrogen and oxygen atoms in total. The molecule has 0 saturated heterocycles. The molecule has 0 fully saturated rings. The Balaban J connectivity index is 1.76. The van der Waals surface area contributed by atoms with Gasteiger partial charge in [-0.3, -0.25) is 9.59 Å². The molecule has 144 valence electrons. The van der Waals surface area contributed by atoms with Gasteiger partial charge in [-0.2, -0.15) is 0 Å². The third-order valence-corrected chi connectivity index (χ3v) is 4.37. The molecule has 2 aromatic rings. The molecule has 27 heavy (non-hydrogen) atoms. The van der Waals surface area contributed by atoms with Crippen LogP contribution >= 0.6 is 11.6 Å². The number of nitrogens with one attached hydrogen (secondary N) is 2. The van der Waals surface area contributed by atoms with Gasteiger partial charge in [0.15, 0.2) is 0 Å². The van der Waals surface area contributed by atoms with E-state index in [4.69, 9.17) is 23.1 Å². The molecule has 1 aromatic heterocycles. The zero-order valence-electron chi connectivity index (χ0n) is 15.1. The first-order valence-electron chi connectivity index (χ1n) is 8.64. The Morgan fingerprint density at radius 2 is 1.89 bits per heavy atom. The molecular weight excluding hydrogens is 366 g/mol. The Labute approximate surface area is 163 Å². The van der Waals surface area contributed by atoms with Crippen molar-refractivity contribution in [3.05, 3.63) is 58.7 Å². The van der Waals surface area contributed by atoms with Gasteiger partial charge in [-0.1, -0.05) is 41.9 Å². The van der Waals surface area contributed by atoms with Gasteiger partial charge in [0.05, 0.1) is 11.1 Å². The third-order valence-electron chi connectivity index (χ3n) is 4.07. The van der Waals surface area contributed by atoms with Crippen LogP contribution in [0.25, 0.3) is 0 Å². The minimum Gasteiger partial charge on any atom is -0.382 e. The number of aryl methyl sites for hydroxylation is 1. The van der Waals surface area contributed by atoms with Crippen LogP contribution < -0.4 is 22.1 Å². The van der Waals surface area contributed by atoms with Crippen LogP contribution in [0.15, 0.2) is 42.6 Å². The fourth-order valence-corrected chi connectivity index (χ4v) is 2.60. The predicted molar refractivity (Wildman–Crippen MR) is 106 cm³/mol. The minimum atomic E-state index is -0.711. The monoisotopic (exact) mass is 389 g/mol. The largest absolute Gasteiger partial charge is 0.382 e. The van der Waals surface area contributed by atoms with E-state index in [0.29, 0.717) is 23.4 Å². The first kappa shape index (κ1) is 20.7. The summed E-state index contributed by atoms with van der Waals surface area (Å²) in [6, 6.07) is 10.0. The second-order valence-corrected chi connectivity index (χ2v) is 6.70. The molecule has 2 unspecified atom stereocenters. The number of hydrogen-bond acceptors (Lipinski definition) is 5. The van der Waals surface area contributed by atoms with E-state index in [-0.39, 0.29) is 24.2 Å². The molecule has 0 saturated carbocycles. The van der Waals surface area contributed by atoms with E-state index < -0.39 is 12.1 Å². The zero-order valence-corrected chi connectivity index (χ0v) is 15.9. The van der Waals surface area contributed by atoms with Crippen LogP contribution in [0.4, 0.5) is 5.82 Å². The Kier molecular flexibility index (Phi) is 7.57. The number of carbonyl (C=O) groups excluding carboxylic acids is 2. The summed E-state index contributed by atoms with van der Waals surface area (Å²) in [5, 5.41) is 5.67. The number of aromatic nitrogens is 1. The van der Waals surface area contributed by atoms with Gasteiger partial charge in [-0.05, 0) is 37.0 Å². The number of amides is 2. The molecule has 2 rings (SSSR count). The van der Waals surface area contributed by atoms with E-state index in [2.05, 4.69) is 15.6 Å². The van der Waals surface area contributed by atoms with E-state index in [9.17, 15) is 9.59 Å². The van der Waals surface area contributed by atoms with E-state index in [1.807, 2.05) is 30.3 Å². The van der Waals surface area contributed by atoms with Gasteiger partial charge in [-0.15, -0.1) is 0 Å². The summed E-state index contributed by atoms with van der Waals surface area (Å²) in [6.07, 6.45) is 2.73. The first-order chi connectivity index (χ1) is 12.9. The van der Waals surface area contributed by atoms with Gasteiger partial charge >= 0.3 is 0 Å². The van der Waals surface area contributed by atoms with Crippen molar-refractivity contribution < 1.29 is 9.59 Å². The van der Waals surface area contributed by atoms with Crippen LogP contribution in [0.5, 0.6) is 0 Å². The second-order valence-electron chi connectivity index (χ2n) is 6.29. The zero-order chi connectivity index (χ0) is 19.8. The van der Waals surface area contributed by atoms with E-state index >= 15 is 0 Å².